The molecule has 0 radical (unpaired) electrons. The first-order valence-corrected chi connectivity index (χ1v) is 5.88. The normalized spacial score (nSPS) is 22.7. The smallest absolute Gasteiger partial charge is 0.225 e. The van der Waals surface area contributed by atoms with Crippen LogP contribution in [0.3, 0.4) is 0 Å². The van der Waals surface area contributed by atoms with Gasteiger partial charge in [0.05, 0.1) is 0 Å². The van der Waals surface area contributed by atoms with E-state index in [9.17, 15) is 4.79 Å². The average molecular weight is 248 g/mol. The first-order valence-electron chi connectivity index (χ1n) is 4.97. The second kappa shape index (κ2) is 4.45. The molecular formula is C10H18BrNO. The summed E-state index contributed by atoms with van der Waals surface area (Å²) in [6, 6.07) is 0. The molecule has 0 aromatic carbocycles. The van der Waals surface area contributed by atoms with Crippen LogP contribution in [0.15, 0.2) is 0 Å². The Balaban J connectivity index is 2.38. The fourth-order valence-electron chi connectivity index (χ4n) is 1.83. The minimum absolute atomic E-state index is 0.0815. The van der Waals surface area contributed by atoms with Gasteiger partial charge in [-0.15, -0.1) is 0 Å². The lowest BCUT2D eigenvalue weighted by atomic mass is 9.88. The van der Waals surface area contributed by atoms with E-state index in [0.717, 1.165) is 19.4 Å². The third-order valence-electron chi connectivity index (χ3n) is 2.80. The third kappa shape index (κ3) is 2.97. The van der Waals surface area contributed by atoms with E-state index in [1.807, 2.05) is 6.92 Å². The lowest BCUT2D eigenvalue weighted by Gasteiger charge is -2.22. The quantitative estimate of drug-likeness (QED) is 0.764. The van der Waals surface area contributed by atoms with Crippen LogP contribution >= 0.6 is 15.9 Å². The second-order valence-electron chi connectivity index (χ2n) is 4.26. The van der Waals surface area contributed by atoms with Crippen molar-refractivity contribution >= 4 is 21.8 Å². The molecule has 0 bridgehead atoms. The second-order valence-corrected chi connectivity index (χ2v) is 5.82. The molecule has 0 spiro atoms. The molecule has 1 fully saturated rings. The van der Waals surface area contributed by atoms with Gasteiger partial charge in [-0.25, -0.2) is 0 Å². The number of carbonyl (C=O) groups excluding carboxylic acids is 1. The number of nitrogens with one attached hydrogen (secondary N) is 1. The van der Waals surface area contributed by atoms with Gasteiger partial charge in [-0.3, -0.25) is 4.79 Å². The minimum Gasteiger partial charge on any atom is -0.355 e. The molecule has 3 heteroatoms. The Morgan fingerprint density at radius 1 is 1.54 bits per heavy atom. The van der Waals surface area contributed by atoms with Crippen molar-refractivity contribution in [1.82, 2.24) is 5.32 Å². The first-order chi connectivity index (χ1) is 6.04. The Kier molecular flexibility index (Phi) is 3.77. The van der Waals surface area contributed by atoms with Gasteiger partial charge in [0.1, 0.15) is 0 Å². The Labute approximate surface area is 88.6 Å². The molecule has 0 heterocycles. The van der Waals surface area contributed by atoms with Gasteiger partial charge in [-0.2, -0.15) is 0 Å². The summed E-state index contributed by atoms with van der Waals surface area (Å²) in [5.74, 6) is 0.233. The summed E-state index contributed by atoms with van der Waals surface area (Å²) in [5, 5.41) is 2.98. The maximum Gasteiger partial charge on any atom is 0.225 e. The Morgan fingerprint density at radius 3 is 2.54 bits per heavy atom. The number of halogens is 1. The number of hydrogen-bond acceptors (Lipinski definition) is 1. The number of alkyl halides is 1. The van der Waals surface area contributed by atoms with Crippen molar-refractivity contribution in [3.63, 3.8) is 0 Å². The van der Waals surface area contributed by atoms with E-state index in [-0.39, 0.29) is 11.3 Å². The van der Waals surface area contributed by atoms with E-state index in [4.69, 9.17) is 0 Å². The Hall–Kier alpha value is -0.0500. The lowest BCUT2D eigenvalue weighted by molar-refractivity contribution is -0.129. The molecule has 1 N–H and O–H groups in total. The highest BCUT2D eigenvalue weighted by atomic mass is 79.9. The van der Waals surface area contributed by atoms with Crippen molar-refractivity contribution in [2.45, 2.75) is 44.4 Å². The maximum absolute atomic E-state index is 11.7. The van der Waals surface area contributed by atoms with Crippen LogP contribution in [-0.4, -0.2) is 17.3 Å². The van der Waals surface area contributed by atoms with Crippen LogP contribution in [-0.2, 0) is 4.79 Å². The van der Waals surface area contributed by atoms with Crippen molar-refractivity contribution in [3.05, 3.63) is 0 Å². The van der Waals surface area contributed by atoms with E-state index in [1.165, 1.54) is 12.8 Å². The zero-order valence-corrected chi connectivity index (χ0v) is 9.99. The van der Waals surface area contributed by atoms with Crippen LogP contribution in [0.25, 0.3) is 0 Å². The minimum atomic E-state index is -0.0815. The molecule has 1 atom stereocenters. The molecule has 13 heavy (non-hydrogen) atoms. The third-order valence-corrected chi connectivity index (χ3v) is 3.12. The summed E-state index contributed by atoms with van der Waals surface area (Å²) in [7, 11) is 0. The van der Waals surface area contributed by atoms with E-state index < -0.39 is 0 Å². The van der Waals surface area contributed by atoms with Crippen molar-refractivity contribution in [1.29, 1.82) is 0 Å². The topological polar surface area (TPSA) is 29.1 Å². The summed E-state index contributed by atoms with van der Waals surface area (Å²) < 4.78 is 0. The molecule has 1 unspecified atom stereocenters. The summed E-state index contributed by atoms with van der Waals surface area (Å²) in [6.45, 7) is 4.85. The maximum atomic E-state index is 11.7. The largest absolute Gasteiger partial charge is 0.355 e. The van der Waals surface area contributed by atoms with Crippen molar-refractivity contribution < 1.29 is 4.79 Å². The van der Waals surface area contributed by atoms with Gasteiger partial charge < -0.3 is 5.32 Å². The highest BCUT2D eigenvalue weighted by Crippen LogP contribution is 2.37. The predicted octanol–water partition coefficient (Wildman–Crippen LogP) is 2.47. The highest BCUT2D eigenvalue weighted by Gasteiger charge is 2.35. The van der Waals surface area contributed by atoms with Crippen LogP contribution < -0.4 is 5.32 Å². The first kappa shape index (κ1) is 11.0. The summed E-state index contributed by atoms with van der Waals surface area (Å²) in [4.78, 5) is 12.1. The summed E-state index contributed by atoms with van der Waals surface area (Å²) >= 11 is 3.41. The van der Waals surface area contributed by atoms with Crippen molar-refractivity contribution in [2.24, 2.45) is 5.41 Å². The van der Waals surface area contributed by atoms with Gasteiger partial charge in [0.25, 0.3) is 0 Å². The van der Waals surface area contributed by atoms with Gasteiger partial charge >= 0.3 is 0 Å². The Bertz CT molecular complexity index is 185. The standard InChI is InChI=1S/C10H18BrNO/c1-8(11)7-12-9(13)10(2)5-3-4-6-10/h8H,3-7H2,1-2H3,(H,12,13). The molecule has 1 aliphatic carbocycles. The molecule has 76 valence electrons. The van der Waals surface area contributed by atoms with Gasteiger partial charge in [-0.1, -0.05) is 42.6 Å². The molecule has 1 amide bonds. The monoisotopic (exact) mass is 247 g/mol. The van der Waals surface area contributed by atoms with Crippen LogP contribution in [0.2, 0.25) is 0 Å². The van der Waals surface area contributed by atoms with Crippen LogP contribution in [0, 0.1) is 5.41 Å². The number of carbonyl (C=O) groups is 1. The highest BCUT2D eigenvalue weighted by molar-refractivity contribution is 9.09. The summed E-state index contributed by atoms with van der Waals surface area (Å²) in [6.07, 6.45) is 4.51. The van der Waals surface area contributed by atoms with E-state index >= 15 is 0 Å². The molecule has 0 aromatic rings. The zero-order chi connectivity index (χ0) is 9.90. The fourth-order valence-corrected chi connectivity index (χ4v) is 1.99. The molecule has 2 nitrogen and oxygen atoms in total. The van der Waals surface area contributed by atoms with Gasteiger partial charge in [0.15, 0.2) is 0 Å². The van der Waals surface area contributed by atoms with Crippen molar-refractivity contribution in [2.75, 3.05) is 6.54 Å². The van der Waals surface area contributed by atoms with E-state index in [0.29, 0.717) is 4.83 Å². The fraction of sp³-hybridized carbons (Fsp3) is 0.900. The number of rotatable bonds is 3. The predicted molar refractivity (Wildman–Crippen MR) is 58.0 cm³/mol. The zero-order valence-electron chi connectivity index (χ0n) is 8.40. The van der Waals surface area contributed by atoms with E-state index in [1.54, 1.807) is 0 Å². The molecule has 1 aliphatic rings. The van der Waals surface area contributed by atoms with Crippen molar-refractivity contribution in [3.8, 4) is 0 Å². The molecule has 1 rings (SSSR count). The van der Waals surface area contributed by atoms with E-state index in [2.05, 4.69) is 28.2 Å². The molecule has 0 aromatic heterocycles. The summed E-state index contributed by atoms with van der Waals surface area (Å²) in [5.41, 5.74) is -0.0815. The molecular weight excluding hydrogens is 230 g/mol. The van der Waals surface area contributed by atoms with Crippen LogP contribution in [0.5, 0.6) is 0 Å². The average Bonchev–Trinajstić information content (AvgIpc) is 2.49. The molecule has 1 saturated carbocycles. The Morgan fingerprint density at radius 2 is 2.08 bits per heavy atom. The lowest BCUT2D eigenvalue weighted by Crippen LogP contribution is -2.39. The molecule has 0 aliphatic heterocycles. The van der Waals surface area contributed by atoms with Crippen LogP contribution in [0.1, 0.15) is 39.5 Å². The van der Waals surface area contributed by atoms with Gasteiger partial charge in [-0.05, 0) is 12.8 Å². The van der Waals surface area contributed by atoms with Gasteiger partial charge in [0.2, 0.25) is 5.91 Å². The number of amides is 1. The van der Waals surface area contributed by atoms with Crippen LogP contribution in [0.4, 0.5) is 0 Å². The molecule has 0 saturated heterocycles. The van der Waals surface area contributed by atoms with Gasteiger partial charge in [0, 0.05) is 16.8 Å². The SMILES string of the molecule is CC(Br)CNC(=O)C1(C)CCCC1. The number of hydrogen-bond donors (Lipinski definition) is 1.